The molecule has 2 rings (SSSR count). The Morgan fingerprint density at radius 2 is 1.62 bits per heavy atom. The van der Waals surface area contributed by atoms with Crippen LogP contribution in [0.2, 0.25) is 0 Å². The Kier molecular flexibility index (Phi) is 8.91. The van der Waals surface area contributed by atoms with Gasteiger partial charge >= 0.3 is 0 Å². The number of hydrogen-bond acceptors (Lipinski definition) is 2. The predicted octanol–water partition coefficient (Wildman–Crippen LogP) is 4.30. The van der Waals surface area contributed by atoms with Crippen molar-refractivity contribution in [3.05, 3.63) is 71.3 Å². The highest BCUT2D eigenvalue weighted by Gasteiger charge is 2.29. The van der Waals surface area contributed by atoms with Gasteiger partial charge in [-0.25, -0.2) is 0 Å². The zero-order chi connectivity index (χ0) is 21.2. The minimum absolute atomic E-state index is 0.00128. The van der Waals surface area contributed by atoms with Crippen molar-refractivity contribution in [1.82, 2.24) is 10.2 Å². The third kappa shape index (κ3) is 6.74. The molecule has 0 saturated heterocycles. The largest absolute Gasteiger partial charge is 0.352 e. The van der Waals surface area contributed by atoms with Gasteiger partial charge in [0.1, 0.15) is 6.04 Å². The summed E-state index contributed by atoms with van der Waals surface area (Å²) >= 11 is 0. The number of carbonyl (C=O) groups excluding carboxylic acids is 2. The molecule has 0 aliphatic carbocycles. The van der Waals surface area contributed by atoms with Gasteiger partial charge in [0.15, 0.2) is 0 Å². The molecule has 4 nitrogen and oxygen atoms in total. The molecule has 0 saturated carbocycles. The predicted molar refractivity (Wildman–Crippen MR) is 119 cm³/mol. The molecular weight excluding hydrogens is 360 g/mol. The zero-order valence-electron chi connectivity index (χ0n) is 18.2. The first-order chi connectivity index (χ1) is 14.0. The number of hydrogen-bond donors (Lipinski definition) is 1. The van der Waals surface area contributed by atoms with Crippen molar-refractivity contribution in [3.63, 3.8) is 0 Å². The van der Waals surface area contributed by atoms with E-state index >= 15 is 0 Å². The van der Waals surface area contributed by atoms with Crippen LogP contribution in [0.3, 0.4) is 0 Å². The monoisotopic (exact) mass is 394 g/mol. The van der Waals surface area contributed by atoms with Gasteiger partial charge in [-0.2, -0.15) is 0 Å². The van der Waals surface area contributed by atoms with Crippen LogP contribution in [0.1, 0.15) is 50.3 Å². The van der Waals surface area contributed by atoms with E-state index in [2.05, 4.69) is 17.4 Å². The Morgan fingerprint density at radius 3 is 2.24 bits per heavy atom. The molecule has 2 amide bonds. The molecule has 0 radical (unpaired) electrons. The van der Waals surface area contributed by atoms with E-state index in [1.165, 1.54) is 5.56 Å². The fourth-order valence-electron chi connectivity index (χ4n) is 3.41. The van der Waals surface area contributed by atoms with Gasteiger partial charge < -0.3 is 10.2 Å². The number of aryl methyl sites for hydroxylation is 1. The molecule has 0 fully saturated rings. The van der Waals surface area contributed by atoms with E-state index in [0.29, 0.717) is 19.4 Å². The van der Waals surface area contributed by atoms with Crippen LogP contribution in [0.25, 0.3) is 0 Å². The lowest BCUT2D eigenvalue weighted by molar-refractivity contribution is -0.140. The number of nitrogens with one attached hydrogen (secondary N) is 1. The molecule has 0 aromatic heterocycles. The second kappa shape index (κ2) is 11.4. The molecule has 4 heteroatoms. The maximum Gasteiger partial charge on any atom is 0.243 e. The highest BCUT2D eigenvalue weighted by molar-refractivity contribution is 5.88. The first-order valence-corrected chi connectivity index (χ1v) is 10.6. The number of carbonyl (C=O) groups is 2. The van der Waals surface area contributed by atoms with Crippen LogP contribution in [0, 0.1) is 6.92 Å². The minimum atomic E-state index is -0.454. The lowest BCUT2D eigenvalue weighted by atomic mass is 10.0. The summed E-state index contributed by atoms with van der Waals surface area (Å²) in [4.78, 5) is 28.0. The van der Waals surface area contributed by atoms with Crippen molar-refractivity contribution in [2.24, 2.45) is 0 Å². The van der Waals surface area contributed by atoms with Crippen molar-refractivity contribution in [1.29, 1.82) is 0 Å². The molecule has 1 N–H and O–H groups in total. The third-order valence-corrected chi connectivity index (χ3v) is 5.47. The van der Waals surface area contributed by atoms with Crippen molar-refractivity contribution >= 4 is 11.8 Å². The first kappa shape index (κ1) is 22.7. The maximum atomic E-state index is 13.3. The fourth-order valence-corrected chi connectivity index (χ4v) is 3.41. The third-order valence-electron chi connectivity index (χ3n) is 5.47. The van der Waals surface area contributed by atoms with Gasteiger partial charge in [0.05, 0.1) is 6.42 Å². The summed E-state index contributed by atoms with van der Waals surface area (Å²) in [6.45, 7) is 8.55. The normalized spacial score (nSPS) is 12.8. The van der Waals surface area contributed by atoms with Crippen LogP contribution in [0.4, 0.5) is 0 Å². The molecular formula is C25H34N2O2. The van der Waals surface area contributed by atoms with Crippen LogP contribution in [0.15, 0.2) is 54.6 Å². The highest BCUT2D eigenvalue weighted by atomic mass is 16.2. The average molecular weight is 395 g/mol. The Labute approximate surface area is 175 Å². The second-order valence-corrected chi connectivity index (χ2v) is 7.67. The van der Waals surface area contributed by atoms with Gasteiger partial charge in [-0.3, -0.25) is 9.59 Å². The van der Waals surface area contributed by atoms with E-state index in [0.717, 1.165) is 24.0 Å². The van der Waals surface area contributed by atoms with Gasteiger partial charge in [-0.1, -0.05) is 68.4 Å². The summed E-state index contributed by atoms with van der Waals surface area (Å²) in [5.74, 6) is -0.0607. The first-order valence-electron chi connectivity index (χ1n) is 10.6. The Bertz CT molecular complexity index is 788. The quantitative estimate of drug-likeness (QED) is 0.653. The van der Waals surface area contributed by atoms with Crippen molar-refractivity contribution < 1.29 is 9.59 Å². The molecule has 2 atom stereocenters. The molecule has 0 aliphatic rings. The molecule has 2 aromatic carbocycles. The SMILES string of the molecule is CCC(C)NC(=O)C(CC)N(CCc1ccccc1)C(=O)Cc1ccccc1C. The minimum Gasteiger partial charge on any atom is -0.352 e. The van der Waals surface area contributed by atoms with Crippen LogP contribution < -0.4 is 5.32 Å². The van der Waals surface area contributed by atoms with E-state index in [9.17, 15) is 9.59 Å². The lowest BCUT2D eigenvalue weighted by Crippen LogP contribution is -2.52. The fraction of sp³-hybridized carbons (Fsp3) is 0.440. The van der Waals surface area contributed by atoms with Gasteiger partial charge in [-0.15, -0.1) is 0 Å². The molecule has 2 unspecified atom stereocenters. The van der Waals surface area contributed by atoms with Crippen LogP contribution in [0.5, 0.6) is 0 Å². The average Bonchev–Trinajstić information content (AvgIpc) is 2.73. The number of amides is 2. The van der Waals surface area contributed by atoms with Crippen LogP contribution in [-0.2, 0) is 22.4 Å². The Balaban J connectivity index is 2.21. The Hall–Kier alpha value is -2.62. The summed E-state index contributed by atoms with van der Waals surface area (Å²) in [5, 5.41) is 3.06. The summed E-state index contributed by atoms with van der Waals surface area (Å²) < 4.78 is 0. The van der Waals surface area contributed by atoms with E-state index in [4.69, 9.17) is 0 Å². The molecule has 0 bridgehead atoms. The van der Waals surface area contributed by atoms with Crippen molar-refractivity contribution in [3.8, 4) is 0 Å². The van der Waals surface area contributed by atoms with Gasteiger partial charge in [0, 0.05) is 12.6 Å². The number of benzene rings is 2. The van der Waals surface area contributed by atoms with Crippen LogP contribution >= 0.6 is 0 Å². The van der Waals surface area contributed by atoms with E-state index < -0.39 is 6.04 Å². The maximum absolute atomic E-state index is 13.3. The molecule has 0 heterocycles. The second-order valence-electron chi connectivity index (χ2n) is 7.67. The summed E-state index contributed by atoms with van der Waals surface area (Å²) in [6.07, 6.45) is 2.50. The van der Waals surface area contributed by atoms with Crippen molar-refractivity contribution in [2.45, 2.75) is 65.5 Å². The molecule has 29 heavy (non-hydrogen) atoms. The standard InChI is InChI=1S/C25H34N2O2/c1-5-20(4)26-25(29)23(6-2)27(17-16-21-13-8-7-9-14-21)24(28)18-22-15-11-10-12-19(22)3/h7-15,20,23H,5-6,16-18H2,1-4H3,(H,26,29). The smallest absolute Gasteiger partial charge is 0.243 e. The van der Waals surface area contributed by atoms with Gasteiger partial charge in [-0.05, 0) is 49.8 Å². The molecule has 2 aromatic rings. The molecule has 0 spiro atoms. The summed E-state index contributed by atoms with van der Waals surface area (Å²) in [5.41, 5.74) is 3.28. The summed E-state index contributed by atoms with van der Waals surface area (Å²) in [7, 11) is 0. The summed E-state index contributed by atoms with van der Waals surface area (Å²) in [6, 6.07) is 17.7. The van der Waals surface area contributed by atoms with E-state index in [1.807, 2.05) is 70.2 Å². The highest BCUT2D eigenvalue weighted by Crippen LogP contribution is 2.14. The Morgan fingerprint density at radius 1 is 0.966 bits per heavy atom. The van der Waals surface area contributed by atoms with Crippen LogP contribution in [-0.4, -0.2) is 35.3 Å². The van der Waals surface area contributed by atoms with Gasteiger partial charge in [0.2, 0.25) is 11.8 Å². The lowest BCUT2D eigenvalue weighted by Gasteiger charge is -2.31. The van der Waals surface area contributed by atoms with E-state index in [1.54, 1.807) is 4.90 Å². The van der Waals surface area contributed by atoms with Crippen molar-refractivity contribution in [2.75, 3.05) is 6.54 Å². The molecule has 156 valence electrons. The number of nitrogens with zero attached hydrogens (tertiary/aromatic N) is 1. The topological polar surface area (TPSA) is 49.4 Å². The molecule has 0 aliphatic heterocycles. The number of rotatable bonds is 10. The van der Waals surface area contributed by atoms with Gasteiger partial charge in [0.25, 0.3) is 0 Å². The van der Waals surface area contributed by atoms with E-state index in [-0.39, 0.29) is 17.9 Å². The zero-order valence-corrected chi connectivity index (χ0v) is 18.2.